The number of amides is 1. The predicted octanol–water partition coefficient (Wildman–Crippen LogP) is 2.66. The van der Waals surface area contributed by atoms with E-state index in [0.29, 0.717) is 13.0 Å². The van der Waals surface area contributed by atoms with E-state index in [2.05, 4.69) is 41.4 Å². The number of hydrogen-bond acceptors (Lipinski definition) is 3. The third-order valence-corrected chi connectivity index (χ3v) is 4.49. The van der Waals surface area contributed by atoms with Gasteiger partial charge in [0, 0.05) is 32.1 Å². The molecule has 4 nitrogen and oxygen atoms in total. The Morgan fingerprint density at radius 3 is 2.70 bits per heavy atom. The van der Waals surface area contributed by atoms with Crippen LogP contribution in [0.2, 0.25) is 0 Å². The van der Waals surface area contributed by atoms with E-state index in [4.69, 9.17) is 5.73 Å². The van der Waals surface area contributed by atoms with Gasteiger partial charge in [-0.3, -0.25) is 9.69 Å². The number of nitrogens with zero attached hydrogens (tertiary/aromatic N) is 1. The monoisotopic (exact) mass is 317 g/mol. The summed E-state index contributed by atoms with van der Waals surface area (Å²) in [6.45, 7) is 8.31. The number of benzene rings is 1. The number of likely N-dealkylation sites (tertiary alicyclic amines) is 1. The second-order valence-corrected chi connectivity index (χ2v) is 7.09. The number of rotatable bonds is 7. The van der Waals surface area contributed by atoms with Crippen LogP contribution >= 0.6 is 0 Å². The Hall–Kier alpha value is -1.39. The molecule has 0 saturated carbocycles. The van der Waals surface area contributed by atoms with Gasteiger partial charge in [0.2, 0.25) is 5.91 Å². The first-order valence-electron chi connectivity index (χ1n) is 8.85. The van der Waals surface area contributed by atoms with E-state index in [0.717, 1.165) is 24.4 Å². The molecule has 1 aromatic rings. The molecule has 1 fully saturated rings. The van der Waals surface area contributed by atoms with Crippen LogP contribution in [0, 0.1) is 5.92 Å². The molecule has 1 aromatic carbocycles. The van der Waals surface area contributed by atoms with Gasteiger partial charge in [-0.05, 0) is 49.8 Å². The van der Waals surface area contributed by atoms with Crippen molar-refractivity contribution in [2.75, 3.05) is 13.1 Å². The van der Waals surface area contributed by atoms with Crippen molar-refractivity contribution in [2.24, 2.45) is 11.7 Å². The second kappa shape index (κ2) is 9.04. The van der Waals surface area contributed by atoms with Gasteiger partial charge < -0.3 is 11.1 Å². The van der Waals surface area contributed by atoms with Gasteiger partial charge in [-0.15, -0.1) is 0 Å². The summed E-state index contributed by atoms with van der Waals surface area (Å²) in [7, 11) is 0. The van der Waals surface area contributed by atoms with Crippen molar-refractivity contribution in [3.8, 4) is 0 Å². The quantitative estimate of drug-likeness (QED) is 0.813. The summed E-state index contributed by atoms with van der Waals surface area (Å²) in [6.07, 6.45) is 3.91. The average Bonchev–Trinajstić information content (AvgIpc) is 2.52. The molecule has 2 rings (SSSR count). The smallest absolute Gasteiger partial charge is 0.220 e. The van der Waals surface area contributed by atoms with Crippen molar-refractivity contribution in [3.05, 3.63) is 35.4 Å². The minimum atomic E-state index is 0.0775. The molecule has 1 aliphatic heterocycles. The predicted molar refractivity (Wildman–Crippen MR) is 94.8 cm³/mol. The van der Waals surface area contributed by atoms with Crippen molar-refractivity contribution in [2.45, 2.75) is 58.7 Å². The van der Waals surface area contributed by atoms with Crippen LogP contribution in [0.25, 0.3) is 0 Å². The molecule has 3 N–H and O–H groups in total. The molecule has 1 amide bonds. The van der Waals surface area contributed by atoms with E-state index in [1.165, 1.54) is 31.5 Å². The molecule has 23 heavy (non-hydrogen) atoms. The second-order valence-electron chi connectivity index (χ2n) is 7.09. The first-order chi connectivity index (χ1) is 11.0. The number of nitrogens with two attached hydrogens (primary N) is 1. The van der Waals surface area contributed by atoms with E-state index >= 15 is 0 Å². The molecule has 2 atom stereocenters. The van der Waals surface area contributed by atoms with Gasteiger partial charge in [0.1, 0.15) is 0 Å². The minimum Gasteiger partial charge on any atom is -0.352 e. The van der Waals surface area contributed by atoms with Crippen LogP contribution in [0.15, 0.2) is 24.3 Å². The van der Waals surface area contributed by atoms with Crippen LogP contribution in [-0.2, 0) is 17.9 Å². The van der Waals surface area contributed by atoms with Gasteiger partial charge in [0.05, 0.1) is 0 Å². The number of carbonyl (C=O) groups is 1. The zero-order chi connectivity index (χ0) is 16.7. The molecule has 0 spiro atoms. The van der Waals surface area contributed by atoms with Gasteiger partial charge in [-0.1, -0.05) is 31.2 Å². The molecule has 128 valence electrons. The normalized spacial score (nSPS) is 20.2. The SMILES string of the molecule is CC(N)CCC(=O)NCc1ccc(CN2CCCC(C)C2)cc1. The van der Waals surface area contributed by atoms with Crippen LogP contribution in [0.4, 0.5) is 0 Å². The minimum absolute atomic E-state index is 0.0775. The maximum absolute atomic E-state index is 11.7. The lowest BCUT2D eigenvalue weighted by Crippen LogP contribution is -2.33. The van der Waals surface area contributed by atoms with Crippen LogP contribution < -0.4 is 11.1 Å². The van der Waals surface area contributed by atoms with Gasteiger partial charge in [0.25, 0.3) is 0 Å². The molecular formula is C19H31N3O. The lowest BCUT2D eigenvalue weighted by Gasteiger charge is -2.30. The summed E-state index contributed by atoms with van der Waals surface area (Å²) < 4.78 is 0. The lowest BCUT2D eigenvalue weighted by atomic mass is 9.99. The summed E-state index contributed by atoms with van der Waals surface area (Å²) in [4.78, 5) is 14.2. The van der Waals surface area contributed by atoms with Crippen molar-refractivity contribution in [1.82, 2.24) is 10.2 Å². The Kier molecular flexibility index (Phi) is 7.06. The van der Waals surface area contributed by atoms with Gasteiger partial charge >= 0.3 is 0 Å². The molecule has 0 radical (unpaired) electrons. The van der Waals surface area contributed by atoms with Crippen LogP contribution in [-0.4, -0.2) is 29.9 Å². The van der Waals surface area contributed by atoms with Gasteiger partial charge in [0.15, 0.2) is 0 Å². The molecule has 0 aromatic heterocycles. The molecule has 1 heterocycles. The Morgan fingerprint density at radius 1 is 1.35 bits per heavy atom. The van der Waals surface area contributed by atoms with Crippen molar-refractivity contribution in [1.29, 1.82) is 0 Å². The first-order valence-corrected chi connectivity index (χ1v) is 8.85. The third-order valence-electron chi connectivity index (χ3n) is 4.49. The van der Waals surface area contributed by atoms with E-state index in [1.807, 2.05) is 6.92 Å². The van der Waals surface area contributed by atoms with E-state index in [-0.39, 0.29) is 11.9 Å². The summed E-state index contributed by atoms with van der Waals surface area (Å²) in [5.41, 5.74) is 8.17. The molecule has 2 unspecified atom stereocenters. The highest BCUT2D eigenvalue weighted by atomic mass is 16.1. The van der Waals surface area contributed by atoms with E-state index < -0.39 is 0 Å². The molecule has 1 saturated heterocycles. The largest absolute Gasteiger partial charge is 0.352 e. The molecule has 4 heteroatoms. The lowest BCUT2D eigenvalue weighted by molar-refractivity contribution is -0.121. The molecule has 1 aliphatic rings. The molecule has 0 aliphatic carbocycles. The Balaban J connectivity index is 1.74. The average molecular weight is 317 g/mol. The van der Waals surface area contributed by atoms with Gasteiger partial charge in [-0.2, -0.15) is 0 Å². The summed E-state index contributed by atoms with van der Waals surface area (Å²) >= 11 is 0. The zero-order valence-electron chi connectivity index (χ0n) is 14.6. The fourth-order valence-corrected chi connectivity index (χ4v) is 3.10. The summed E-state index contributed by atoms with van der Waals surface area (Å²) in [6, 6.07) is 8.69. The van der Waals surface area contributed by atoms with Crippen molar-refractivity contribution in [3.63, 3.8) is 0 Å². The highest BCUT2D eigenvalue weighted by molar-refractivity contribution is 5.75. The van der Waals surface area contributed by atoms with Crippen molar-refractivity contribution < 1.29 is 4.79 Å². The highest BCUT2D eigenvalue weighted by Gasteiger charge is 2.16. The Morgan fingerprint density at radius 2 is 2.04 bits per heavy atom. The fraction of sp³-hybridized carbons (Fsp3) is 0.632. The zero-order valence-corrected chi connectivity index (χ0v) is 14.6. The maximum Gasteiger partial charge on any atom is 0.220 e. The number of nitrogens with one attached hydrogen (secondary N) is 1. The maximum atomic E-state index is 11.7. The van der Waals surface area contributed by atoms with Gasteiger partial charge in [-0.25, -0.2) is 0 Å². The van der Waals surface area contributed by atoms with E-state index in [1.54, 1.807) is 0 Å². The molecular weight excluding hydrogens is 286 g/mol. The molecule has 0 bridgehead atoms. The topological polar surface area (TPSA) is 58.4 Å². The standard InChI is InChI=1S/C19H31N3O/c1-15-4-3-11-22(13-15)14-18-8-6-17(7-9-18)12-21-19(23)10-5-16(2)20/h6-9,15-16H,3-5,10-14,20H2,1-2H3,(H,21,23). The van der Waals surface area contributed by atoms with Crippen molar-refractivity contribution >= 4 is 5.91 Å². The first kappa shape index (κ1) is 18.0. The Bertz CT molecular complexity index is 484. The van der Waals surface area contributed by atoms with Crippen LogP contribution in [0.3, 0.4) is 0 Å². The summed E-state index contributed by atoms with van der Waals surface area (Å²) in [5, 5.41) is 2.96. The number of piperidine rings is 1. The number of hydrogen-bond donors (Lipinski definition) is 2. The Labute approximate surface area is 140 Å². The highest BCUT2D eigenvalue weighted by Crippen LogP contribution is 2.18. The fourth-order valence-electron chi connectivity index (χ4n) is 3.10. The van der Waals surface area contributed by atoms with Crippen LogP contribution in [0.5, 0.6) is 0 Å². The number of carbonyl (C=O) groups excluding carboxylic acids is 1. The third kappa shape index (κ3) is 6.71. The summed E-state index contributed by atoms with van der Waals surface area (Å²) in [5.74, 6) is 0.892. The van der Waals surface area contributed by atoms with E-state index in [9.17, 15) is 4.79 Å². The van der Waals surface area contributed by atoms with Crippen LogP contribution in [0.1, 0.15) is 50.7 Å².